The SMILES string of the molecule is Oc1c(C2=C/C=C\CC/C=C\2)n[nH]c1-c1ncc(-c2ccccc2Cl)[nH]1. The number of aromatic hydroxyl groups is 1. The molecule has 2 heterocycles. The van der Waals surface area contributed by atoms with Crippen molar-refractivity contribution in [3.63, 3.8) is 0 Å². The molecule has 0 unspecified atom stereocenters. The molecule has 0 saturated heterocycles. The molecule has 1 aliphatic rings. The van der Waals surface area contributed by atoms with Gasteiger partial charge >= 0.3 is 0 Å². The highest BCUT2D eigenvalue weighted by Gasteiger charge is 2.18. The smallest absolute Gasteiger partial charge is 0.172 e. The summed E-state index contributed by atoms with van der Waals surface area (Å²) in [5, 5.41) is 18.4. The Morgan fingerprint density at radius 2 is 1.96 bits per heavy atom. The summed E-state index contributed by atoms with van der Waals surface area (Å²) in [4.78, 5) is 7.55. The summed E-state index contributed by atoms with van der Waals surface area (Å²) < 4.78 is 0. The molecule has 0 bridgehead atoms. The zero-order chi connectivity index (χ0) is 17.9. The number of nitrogens with one attached hydrogen (secondary N) is 2. The number of allylic oxidation sites excluding steroid dienone is 6. The van der Waals surface area contributed by atoms with Crippen LogP contribution in [0.2, 0.25) is 5.02 Å². The third-order valence-corrected chi connectivity index (χ3v) is 4.53. The Morgan fingerprint density at radius 3 is 2.85 bits per heavy atom. The van der Waals surface area contributed by atoms with Gasteiger partial charge < -0.3 is 10.1 Å². The lowest BCUT2D eigenvalue weighted by atomic mass is 10.1. The molecule has 0 atom stereocenters. The minimum atomic E-state index is 0.0648. The van der Waals surface area contributed by atoms with Crippen LogP contribution in [-0.2, 0) is 0 Å². The Bertz CT molecular complexity index is 1030. The number of rotatable bonds is 3. The summed E-state index contributed by atoms with van der Waals surface area (Å²) in [5.41, 5.74) is 3.41. The van der Waals surface area contributed by atoms with Crippen LogP contribution in [0.15, 0.2) is 60.8 Å². The van der Waals surface area contributed by atoms with Crippen molar-refractivity contribution in [3.8, 4) is 28.5 Å². The van der Waals surface area contributed by atoms with Gasteiger partial charge in [0, 0.05) is 16.2 Å². The van der Waals surface area contributed by atoms with E-state index in [1.807, 2.05) is 42.5 Å². The number of imidazole rings is 1. The third-order valence-electron chi connectivity index (χ3n) is 4.20. The predicted molar refractivity (Wildman–Crippen MR) is 104 cm³/mol. The van der Waals surface area contributed by atoms with Gasteiger partial charge in [0.15, 0.2) is 11.6 Å². The molecule has 0 amide bonds. The molecule has 0 saturated carbocycles. The Balaban J connectivity index is 1.70. The highest BCUT2D eigenvalue weighted by Crippen LogP contribution is 2.34. The second kappa shape index (κ2) is 7.06. The van der Waals surface area contributed by atoms with Crippen LogP contribution >= 0.6 is 11.6 Å². The summed E-state index contributed by atoms with van der Waals surface area (Å²) in [6.45, 7) is 0. The van der Waals surface area contributed by atoms with E-state index in [9.17, 15) is 5.11 Å². The van der Waals surface area contributed by atoms with E-state index in [0.717, 1.165) is 29.7 Å². The lowest BCUT2D eigenvalue weighted by molar-refractivity contribution is 0.475. The summed E-state index contributed by atoms with van der Waals surface area (Å²) in [6, 6.07) is 7.52. The van der Waals surface area contributed by atoms with Gasteiger partial charge in [-0.25, -0.2) is 4.98 Å². The van der Waals surface area contributed by atoms with Crippen molar-refractivity contribution in [2.24, 2.45) is 0 Å². The lowest BCUT2D eigenvalue weighted by Gasteiger charge is -2.01. The van der Waals surface area contributed by atoms with Gasteiger partial charge in [-0.1, -0.05) is 60.2 Å². The van der Waals surface area contributed by atoms with Gasteiger partial charge in [-0.3, -0.25) is 5.10 Å². The van der Waals surface area contributed by atoms with E-state index in [1.54, 1.807) is 6.20 Å². The van der Waals surface area contributed by atoms with Crippen molar-refractivity contribution in [3.05, 3.63) is 71.6 Å². The van der Waals surface area contributed by atoms with E-state index in [-0.39, 0.29) is 5.75 Å². The summed E-state index contributed by atoms with van der Waals surface area (Å²) >= 11 is 6.24. The van der Waals surface area contributed by atoms with Crippen LogP contribution < -0.4 is 0 Å². The van der Waals surface area contributed by atoms with Crippen molar-refractivity contribution in [1.82, 2.24) is 20.2 Å². The molecule has 2 aromatic heterocycles. The largest absolute Gasteiger partial charge is 0.504 e. The average molecular weight is 365 g/mol. The van der Waals surface area contributed by atoms with Crippen molar-refractivity contribution < 1.29 is 5.11 Å². The summed E-state index contributed by atoms with van der Waals surface area (Å²) in [5.74, 6) is 0.567. The number of benzene rings is 1. The van der Waals surface area contributed by atoms with E-state index in [0.29, 0.717) is 22.2 Å². The average Bonchev–Trinajstić information content (AvgIpc) is 3.22. The normalized spacial score (nSPS) is 18.6. The maximum Gasteiger partial charge on any atom is 0.172 e. The van der Waals surface area contributed by atoms with Gasteiger partial charge in [0.25, 0.3) is 0 Å². The second-order valence-electron chi connectivity index (χ2n) is 5.95. The van der Waals surface area contributed by atoms with E-state index in [4.69, 9.17) is 11.6 Å². The minimum Gasteiger partial charge on any atom is -0.504 e. The van der Waals surface area contributed by atoms with Crippen LogP contribution in [0.5, 0.6) is 5.75 Å². The van der Waals surface area contributed by atoms with E-state index in [2.05, 4.69) is 32.3 Å². The van der Waals surface area contributed by atoms with Gasteiger partial charge in [-0.2, -0.15) is 5.10 Å². The fraction of sp³-hybridized carbons (Fsp3) is 0.100. The summed E-state index contributed by atoms with van der Waals surface area (Å²) in [6.07, 6.45) is 13.7. The first kappa shape index (κ1) is 16.4. The van der Waals surface area contributed by atoms with Crippen LogP contribution in [0, 0.1) is 0 Å². The maximum atomic E-state index is 10.7. The third kappa shape index (κ3) is 3.09. The molecule has 1 aromatic carbocycles. The molecule has 4 rings (SSSR count). The Kier molecular flexibility index (Phi) is 4.46. The quantitative estimate of drug-likeness (QED) is 0.604. The van der Waals surface area contributed by atoms with Crippen molar-refractivity contribution >= 4 is 17.2 Å². The lowest BCUT2D eigenvalue weighted by Crippen LogP contribution is -1.84. The zero-order valence-corrected chi connectivity index (χ0v) is 14.7. The van der Waals surface area contributed by atoms with Crippen LogP contribution in [-0.4, -0.2) is 25.3 Å². The van der Waals surface area contributed by atoms with Crippen molar-refractivity contribution in [1.29, 1.82) is 0 Å². The van der Waals surface area contributed by atoms with E-state index in [1.165, 1.54) is 0 Å². The highest BCUT2D eigenvalue weighted by molar-refractivity contribution is 6.33. The van der Waals surface area contributed by atoms with Gasteiger partial charge in [0.2, 0.25) is 0 Å². The number of H-pyrrole nitrogens is 2. The maximum absolute atomic E-state index is 10.7. The Labute approximate surface area is 155 Å². The molecule has 0 radical (unpaired) electrons. The van der Waals surface area contributed by atoms with E-state index < -0.39 is 0 Å². The van der Waals surface area contributed by atoms with Crippen LogP contribution in [0.4, 0.5) is 0 Å². The number of halogens is 1. The number of nitrogens with zero attached hydrogens (tertiary/aromatic N) is 2. The van der Waals surface area contributed by atoms with Gasteiger partial charge in [0.1, 0.15) is 11.4 Å². The molecule has 1 aliphatic carbocycles. The molecule has 26 heavy (non-hydrogen) atoms. The molecule has 5 nitrogen and oxygen atoms in total. The monoisotopic (exact) mass is 364 g/mol. The highest BCUT2D eigenvalue weighted by atomic mass is 35.5. The Hall–Kier alpha value is -3.05. The van der Waals surface area contributed by atoms with Gasteiger partial charge in [0.05, 0.1) is 11.9 Å². The molecule has 0 fully saturated rings. The first-order chi connectivity index (χ1) is 12.7. The van der Waals surface area contributed by atoms with Gasteiger partial charge in [-0.05, 0) is 18.9 Å². The zero-order valence-electron chi connectivity index (χ0n) is 13.9. The van der Waals surface area contributed by atoms with Crippen molar-refractivity contribution in [2.75, 3.05) is 0 Å². The molecular formula is C20H17ClN4O. The molecule has 0 aliphatic heterocycles. The molecule has 3 aromatic rings. The fourth-order valence-corrected chi connectivity index (χ4v) is 3.09. The van der Waals surface area contributed by atoms with Crippen LogP contribution in [0.3, 0.4) is 0 Å². The predicted octanol–water partition coefficient (Wildman–Crippen LogP) is 5.12. The molecular weight excluding hydrogens is 348 g/mol. The minimum absolute atomic E-state index is 0.0648. The molecule has 0 spiro atoms. The van der Waals surface area contributed by atoms with E-state index >= 15 is 0 Å². The first-order valence-electron chi connectivity index (χ1n) is 8.35. The van der Waals surface area contributed by atoms with Gasteiger partial charge in [-0.15, -0.1) is 0 Å². The molecule has 3 N–H and O–H groups in total. The topological polar surface area (TPSA) is 77.6 Å². The van der Waals surface area contributed by atoms with Crippen molar-refractivity contribution in [2.45, 2.75) is 12.8 Å². The Morgan fingerprint density at radius 1 is 1.12 bits per heavy atom. The van der Waals surface area contributed by atoms with Crippen LogP contribution in [0.1, 0.15) is 18.5 Å². The fourth-order valence-electron chi connectivity index (χ4n) is 2.85. The van der Waals surface area contributed by atoms with Crippen LogP contribution in [0.25, 0.3) is 28.3 Å². The number of hydrogen-bond acceptors (Lipinski definition) is 3. The summed E-state index contributed by atoms with van der Waals surface area (Å²) in [7, 11) is 0. The first-order valence-corrected chi connectivity index (χ1v) is 8.73. The molecule has 6 heteroatoms. The molecule has 130 valence electrons. The standard InChI is InChI=1S/C20H17ClN4O/c21-15-11-7-6-10-14(15)16-12-22-20(23-16)18-19(26)17(24-25-18)13-8-4-2-1-3-5-9-13/h2,4-12,26H,1,3H2,(H,22,23)(H,24,25)/b4-2-,9-5-,13-8+. The number of aromatic amines is 2. The number of aromatic nitrogens is 4. The number of hydrogen-bond donors (Lipinski definition) is 3. The second-order valence-corrected chi connectivity index (χ2v) is 6.36.